The quantitative estimate of drug-likeness (QED) is 0.431. The highest BCUT2D eigenvalue weighted by atomic mass is 16.6. The summed E-state index contributed by atoms with van der Waals surface area (Å²) in [5, 5.41) is 25.3. The molecule has 0 heterocycles. The van der Waals surface area contributed by atoms with Crippen LogP contribution in [0.15, 0.2) is 24.3 Å². The van der Waals surface area contributed by atoms with Crippen LogP contribution in [0.5, 0.6) is 5.75 Å². The number of phenols is 1. The van der Waals surface area contributed by atoms with Crippen molar-refractivity contribution in [2.45, 2.75) is 85.0 Å². The number of carbonyl (C=O) groups is 3. The van der Waals surface area contributed by atoms with E-state index < -0.39 is 47.7 Å². The third kappa shape index (κ3) is 9.21. The van der Waals surface area contributed by atoms with Crippen LogP contribution in [-0.2, 0) is 14.3 Å². The van der Waals surface area contributed by atoms with Gasteiger partial charge in [0.1, 0.15) is 23.4 Å². The Morgan fingerprint density at radius 3 is 2.21 bits per heavy atom. The molecule has 0 aliphatic heterocycles. The number of nitrogens with one attached hydrogen (secondary N) is 2. The Morgan fingerprint density at radius 1 is 1.12 bits per heavy atom. The molecule has 3 unspecified atom stereocenters. The zero-order valence-electron chi connectivity index (χ0n) is 21.6. The highest BCUT2D eigenvalue weighted by Crippen LogP contribution is 2.27. The van der Waals surface area contributed by atoms with E-state index in [2.05, 4.69) is 10.6 Å². The lowest BCUT2D eigenvalue weighted by Crippen LogP contribution is -2.56. The van der Waals surface area contributed by atoms with Gasteiger partial charge in [-0.05, 0) is 65.2 Å². The molecule has 9 heteroatoms. The largest absolute Gasteiger partial charge is 0.508 e. The van der Waals surface area contributed by atoms with Crippen molar-refractivity contribution in [1.29, 1.82) is 0 Å². The summed E-state index contributed by atoms with van der Waals surface area (Å²) < 4.78 is 5.34. The molecule has 9 nitrogen and oxygen atoms in total. The smallest absolute Gasteiger partial charge is 0.408 e. The SMILES string of the molecule is CCC(C)C(NC(=O)OC(C)(C)C)C(=O)N(CCO)C(C(=O)NC(C)(C)C)c1cccc(O)c1. The molecule has 1 aromatic carbocycles. The maximum Gasteiger partial charge on any atom is 0.408 e. The molecule has 4 N–H and O–H groups in total. The molecule has 0 aliphatic rings. The lowest BCUT2D eigenvalue weighted by atomic mass is 9.95. The minimum absolute atomic E-state index is 0.0622. The van der Waals surface area contributed by atoms with Crippen LogP contribution in [0.25, 0.3) is 0 Å². The average Bonchev–Trinajstić information content (AvgIpc) is 2.68. The van der Waals surface area contributed by atoms with Crippen LogP contribution in [0.4, 0.5) is 4.79 Å². The van der Waals surface area contributed by atoms with Gasteiger partial charge in [0.15, 0.2) is 0 Å². The zero-order valence-corrected chi connectivity index (χ0v) is 21.6. The summed E-state index contributed by atoms with van der Waals surface area (Å²) >= 11 is 0. The van der Waals surface area contributed by atoms with E-state index >= 15 is 0 Å². The Kier molecular flexibility index (Phi) is 10.4. The zero-order chi connectivity index (χ0) is 26.3. The molecule has 0 fully saturated rings. The molecule has 0 saturated carbocycles. The standard InChI is InChI=1S/C25H41N3O6/c1-9-16(2)19(26-23(33)34-25(6,7)8)22(32)28(13-14-29)20(21(31)27-24(3,4)5)17-11-10-12-18(30)15-17/h10-12,15-16,19-20,29-30H,9,13-14H2,1-8H3,(H,26,33)(H,27,31). The normalized spacial score (nSPS) is 14.5. The van der Waals surface area contributed by atoms with E-state index in [4.69, 9.17) is 4.74 Å². The monoisotopic (exact) mass is 479 g/mol. The summed E-state index contributed by atoms with van der Waals surface area (Å²) in [4.78, 5) is 40.9. The molecule has 0 aliphatic carbocycles. The van der Waals surface area contributed by atoms with E-state index in [-0.39, 0.29) is 18.2 Å². The predicted molar refractivity (Wildman–Crippen MR) is 130 cm³/mol. The van der Waals surface area contributed by atoms with Crippen LogP contribution in [-0.4, -0.2) is 63.4 Å². The molecule has 0 bridgehead atoms. The molecule has 1 rings (SSSR count). The molecule has 0 saturated heterocycles. The number of ether oxygens (including phenoxy) is 1. The summed E-state index contributed by atoms with van der Waals surface area (Å²) in [6.45, 7) is 13.8. The minimum atomic E-state index is -1.14. The van der Waals surface area contributed by atoms with E-state index in [1.165, 1.54) is 17.0 Å². The maximum absolute atomic E-state index is 13.8. The van der Waals surface area contributed by atoms with Crippen molar-refractivity contribution in [3.63, 3.8) is 0 Å². The van der Waals surface area contributed by atoms with Crippen molar-refractivity contribution in [2.24, 2.45) is 5.92 Å². The van der Waals surface area contributed by atoms with E-state index in [0.29, 0.717) is 12.0 Å². The van der Waals surface area contributed by atoms with Gasteiger partial charge in [-0.25, -0.2) is 4.79 Å². The Hall–Kier alpha value is -2.81. The van der Waals surface area contributed by atoms with Gasteiger partial charge in [0.2, 0.25) is 11.8 Å². The average molecular weight is 480 g/mol. The fraction of sp³-hybridized carbons (Fsp3) is 0.640. The Morgan fingerprint density at radius 2 is 1.74 bits per heavy atom. The molecule has 0 aromatic heterocycles. The lowest BCUT2D eigenvalue weighted by Gasteiger charge is -2.37. The minimum Gasteiger partial charge on any atom is -0.508 e. The molecule has 3 amide bonds. The number of aliphatic hydroxyl groups excluding tert-OH is 1. The third-order valence-corrected chi connectivity index (χ3v) is 5.02. The highest BCUT2D eigenvalue weighted by molar-refractivity contribution is 5.92. The van der Waals surface area contributed by atoms with Gasteiger partial charge in [0.25, 0.3) is 0 Å². The van der Waals surface area contributed by atoms with Gasteiger partial charge >= 0.3 is 6.09 Å². The molecule has 3 atom stereocenters. The van der Waals surface area contributed by atoms with Crippen LogP contribution in [0, 0.1) is 5.92 Å². The molecule has 0 radical (unpaired) electrons. The van der Waals surface area contributed by atoms with Crippen molar-refractivity contribution >= 4 is 17.9 Å². The molecule has 1 aromatic rings. The van der Waals surface area contributed by atoms with Gasteiger partial charge in [-0.1, -0.05) is 32.4 Å². The van der Waals surface area contributed by atoms with E-state index in [0.717, 1.165) is 0 Å². The Balaban J connectivity index is 3.48. The van der Waals surface area contributed by atoms with Gasteiger partial charge in [-0.15, -0.1) is 0 Å². The number of phenolic OH excluding ortho intramolecular Hbond substituents is 1. The highest BCUT2D eigenvalue weighted by Gasteiger charge is 2.38. The van der Waals surface area contributed by atoms with Crippen molar-refractivity contribution < 1.29 is 29.3 Å². The van der Waals surface area contributed by atoms with Crippen LogP contribution in [0.1, 0.15) is 73.4 Å². The van der Waals surface area contributed by atoms with Crippen molar-refractivity contribution in [3.05, 3.63) is 29.8 Å². The first-order valence-corrected chi connectivity index (χ1v) is 11.6. The van der Waals surface area contributed by atoms with Crippen LogP contribution in [0.3, 0.4) is 0 Å². The Labute approximate surface area is 202 Å². The summed E-state index contributed by atoms with van der Waals surface area (Å²) in [6, 6.07) is 3.95. The topological polar surface area (TPSA) is 128 Å². The predicted octanol–water partition coefficient (Wildman–Crippen LogP) is 3.11. The van der Waals surface area contributed by atoms with Gasteiger partial charge in [-0.3, -0.25) is 9.59 Å². The second-order valence-electron chi connectivity index (χ2n) is 10.5. The second kappa shape index (κ2) is 12.1. The molecule has 192 valence electrons. The lowest BCUT2D eigenvalue weighted by molar-refractivity contribution is -0.144. The number of nitrogens with zero attached hydrogens (tertiary/aromatic N) is 1. The van der Waals surface area contributed by atoms with E-state index in [9.17, 15) is 24.6 Å². The fourth-order valence-electron chi connectivity index (χ4n) is 3.38. The summed E-state index contributed by atoms with van der Waals surface area (Å²) in [7, 11) is 0. The molecular formula is C25H41N3O6. The van der Waals surface area contributed by atoms with Crippen LogP contribution in [0.2, 0.25) is 0 Å². The molecular weight excluding hydrogens is 438 g/mol. The summed E-state index contributed by atoms with van der Waals surface area (Å²) in [5.41, 5.74) is -0.969. The third-order valence-electron chi connectivity index (χ3n) is 5.02. The summed E-state index contributed by atoms with van der Waals surface area (Å²) in [5.74, 6) is -1.35. The first-order chi connectivity index (χ1) is 15.6. The van der Waals surface area contributed by atoms with Crippen molar-refractivity contribution in [3.8, 4) is 5.75 Å². The maximum atomic E-state index is 13.8. The summed E-state index contributed by atoms with van der Waals surface area (Å²) in [6.07, 6.45) is -0.174. The number of aromatic hydroxyl groups is 1. The van der Waals surface area contributed by atoms with Gasteiger partial charge < -0.3 is 30.5 Å². The Bertz CT molecular complexity index is 844. The van der Waals surface area contributed by atoms with Crippen LogP contribution >= 0.6 is 0 Å². The van der Waals surface area contributed by atoms with Gasteiger partial charge in [0.05, 0.1) is 6.61 Å². The first kappa shape index (κ1) is 29.2. The number of amides is 3. The number of rotatable bonds is 9. The number of benzene rings is 1. The van der Waals surface area contributed by atoms with Crippen LogP contribution < -0.4 is 10.6 Å². The molecule has 34 heavy (non-hydrogen) atoms. The van der Waals surface area contributed by atoms with E-state index in [1.54, 1.807) is 32.9 Å². The van der Waals surface area contributed by atoms with Gasteiger partial charge in [0, 0.05) is 12.1 Å². The van der Waals surface area contributed by atoms with E-state index in [1.807, 2.05) is 34.6 Å². The molecule has 0 spiro atoms. The fourth-order valence-corrected chi connectivity index (χ4v) is 3.38. The number of aliphatic hydroxyl groups is 1. The first-order valence-electron chi connectivity index (χ1n) is 11.6. The number of alkyl carbamates (subject to hydrolysis) is 1. The number of hydrogen-bond donors (Lipinski definition) is 4. The second-order valence-corrected chi connectivity index (χ2v) is 10.5. The number of carbonyl (C=O) groups excluding carboxylic acids is 3. The number of hydrogen-bond acceptors (Lipinski definition) is 6. The van der Waals surface area contributed by atoms with Crippen molar-refractivity contribution in [1.82, 2.24) is 15.5 Å². The van der Waals surface area contributed by atoms with Crippen molar-refractivity contribution in [2.75, 3.05) is 13.2 Å². The van der Waals surface area contributed by atoms with Gasteiger partial charge in [-0.2, -0.15) is 0 Å².